The number of carbonyl (C=O) groups excluding carboxylic acids is 3. The molecule has 0 aliphatic heterocycles. The fraction of sp³-hybridized carbons (Fsp3) is 0.325. The second-order valence-corrected chi connectivity index (χ2v) is 12.3. The van der Waals surface area contributed by atoms with E-state index in [2.05, 4.69) is 0 Å². The SMILES string of the molecule is CCCN(CCC)C(=O)c1cc(C(N)=O)cc(C(=O)N(Cc2cccc(OC)c2)C[C@@H](O)[C@@H](N)Cc2ccc(OCc3ccccc3)cc2)c1. The zero-order valence-electron chi connectivity index (χ0n) is 29.1. The van der Waals surface area contributed by atoms with Crippen molar-refractivity contribution < 1.29 is 29.0 Å². The van der Waals surface area contributed by atoms with Crippen LogP contribution >= 0.6 is 0 Å². The minimum absolute atomic E-state index is 0.0434. The van der Waals surface area contributed by atoms with Gasteiger partial charge in [0.15, 0.2) is 0 Å². The van der Waals surface area contributed by atoms with Gasteiger partial charge in [0.1, 0.15) is 18.1 Å². The smallest absolute Gasteiger partial charge is 0.254 e. The van der Waals surface area contributed by atoms with Crippen LogP contribution in [0.2, 0.25) is 0 Å². The lowest BCUT2D eigenvalue weighted by molar-refractivity contribution is 0.0554. The number of hydrogen-bond acceptors (Lipinski definition) is 7. The lowest BCUT2D eigenvalue weighted by Gasteiger charge is -2.29. The van der Waals surface area contributed by atoms with E-state index in [9.17, 15) is 19.5 Å². The van der Waals surface area contributed by atoms with Crippen molar-refractivity contribution in [2.24, 2.45) is 11.5 Å². The van der Waals surface area contributed by atoms with Gasteiger partial charge in [0.05, 0.1) is 13.2 Å². The fourth-order valence-electron chi connectivity index (χ4n) is 5.68. The highest BCUT2D eigenvalue weighted by atomic mass is 16.5. The van der Waals surface area contributed by atoms with Gasteiger partial charge in [-0.25, -0.2) is 0 Å². The van der Waals surface area contributed by atoms with Gasteiger partial charge in [-0.2, -0.15) is 0 Å². The molecule has 4 rings (SSSR count). The second kappa shape index (κ2) is 18.5. The summed E-state index contributed by atoms with van der Waals surface area (Å²) < 4.78 is 11.3. The summed E-state index contributed by atoms with van der Waals surface area (Å²) in [7, 11) is 1.56. The fourth-order valence-corrected chi connectivity index (χ4v) is 5.68. The summed E-state index contributed by atoms with van der Waals surface area (Å²) in [4.78, 5) is 43.3. The maximum atomic E-state index is 14.2. The maximum absolute atomic E-state index is 14.2. The molecule has 3 amide bonds. The Labute approximate surface area is 294 Å². The molecule has 0 unspecified atom stereocenters. The van der Waals surface area contributed by atoms with Gasteiger partial charge in [-0.05, 0) is 78.4 Å². The number of aliphatic hydroxyl groups is 1. The first-order valence-electron chi connectivity index (χ1n) is 17.0. The average molecular weight is 681 g/mol. The molecule has 5 N–H and O–H groups in total. The standard InChI is InChI=1S/C40H48N4O6/c1-4-18-43(19-5-2)39(47)32-22-31(38(42)46)23-33(24-32)40(48)44(25-30-12-9-13-35(20-30)49-3)26-37(45)36(41)21-28-14-16-34(17-15-28)50-27-29-10-7-6-8-11-29/h6-17,20,22-24,36-37,45H,4-5,18-19,21,25-27,41H2,1-3H3,(H2,42,46)/t36-,37+/m0/s1. The second-order valence-electron chi connectivity index (χ2n) is 12.3. The first kappa shape index (κ1) is 37.6. The third-order valence-corrected chi connectivity index (χ3v) is 8.33. The molecule has 10 heteroatoms. The maximum Gasteiger partial charge on any atom is 0.254 e. The van der Waals surface area contributed by atoms with Crippen molar-refractivity contribution in [3.05, 3.63) is 130 Å². The molecule has 0 fully saturated rings. The predicted octanol–water partition coefficient (Wildman–Crippen LogP) is 5.21. The summed E-state index contributed by atoms with van der Waals surface area (Å²) in [6, 6.07) is 28.3. The zero-order chi connectivity index (χ0) is 36.0. The summed E-state index contributed by atoms with van der Waals surface area (Å²) in [6.07, 6.45) is 0.753. The molecule has 4 aromatic carbocycles. The summed E-state index contributed by atoms with van der Waals surface area (Å²) >= 11 is 0. The van der Waals surface area contributed by atoms with Crippen LogP contribution in [0, 0.1) is 0 Å². The molecule has 0 heterocycles. The Morgan fingerprint density at radius 1 is 0.720 bits per heavy atom. The molecule has 0 saturated carbocycles. The number of benzene rings is 4. The largest absolute Gasteiger partial charge is 0.497 e. The molecular formula is C40H48N4O6. The van der Waals surface area contributed by atoms with Crippen LogP contribution < -0.4 is 20.9 Å². The molecule has 2 atom stereocenters. The van der Waals surface area contributed by atoms with Crippen molar-refractivity contribution in [3.63, 3.8) is 0 Å². The van der Waals surface area contributed by atoms with Gasteiger partial charge in [-0.3, -0.25) is 14.4 Å². The van der Waals surface area contributed by atoms with E-state index in [0.717, 1.165) is 29.5 Å². The Hall–Kier alpha value is -5.19. The monoisotopic (exact) mass is 680 g/mol. The Balaban J connectivity index is 1.55. The molecule has 264 valence electrons. The lowest BCUT2D eigenvalue weighted by atomic mass is 10.00. The number of primary amides is 1. The van der Waals surface area contributed by atoms with Crippen molar-refractivity contribution in [2.45, 2.75) is 58.4 Å². The van der Waals surface area contributed by atoms with E-state index >= 15 is 0 Å². The summed E-state index contributed by atoms with van der Waals surface area (Å²) in [6.45, 7) is 5.47. The first-order chi connectivity index (χ1) is 24.1. The van der Waals surface area contributed by atoms with Crippen molar-refractivity contribution in [1.82, 2.24) is 9.80 Å². The minimum Gasteiger partial charge on any atom is -0.497 e. The van der Waals surface area contributed by atoms with Gasteiger partial charge in [0.25, 0.3) is 11.8 Å². The Bertz CT molecular complexity index is 1710. The number of amides is 3. The van der Waals surface area contributed by atoms with Crippen LogP contribution in [0.15, 0.2) is 97.1 Å². The molecule has 0 aliphatic carbocycles. The van der Waals surface area contributed by atoms with E-state index in [-0.39, 0.29) is 35.7 Å². The average Bonchev–Trinajstić information content (AvgIpc) is 3.13. The van der Waals surface area contributed by atoms with E-state index in [4.69, 9.17) is 20.9 Å². The van der Waals surface area contributed by atoms with Crippen LogP contribution in [0.25, 0.3) is 0 Å². The number of rotatable bonds is 18. The lowest BCUT2D eigenvalue weighted by Crippen LogP contribution is -2.46. The number of aliphatic hydroxyl groups excluding tert-OH is 1. The van der Waals surface area contributed by atoms with Crippen LogP contribution in [0.1, 0.15) is 74.5 Å². The van der Waals surface area contributed by atoms with Gasteiger partial charge in [0, 0.05) is 48.9 Å². The first-order valence-corrected chi connectivity index (χ1v) is 17.0. The van der Waals surface area contributed by atoms with Crippen LogP contribution in [-0.4, -0.2) is 71.5 Å². The van der Waals surface area contributed by atoms with Crippen LogP contribution in [-0.2, 0) is 19.6 Å². The summed E-state index contributed by atoms with van der Waals surface area (Å²) in [5, 5.41) is 11.4. The molecule has 0 aromatic heterocycles. The van der Waals surface area contributed by atoms with E-state index in [1.165, 1.54) is 23.1 Å². The number of nitrogens with two attached hydrogens (primary N) is 2. The Morgan fingerprint density at radius 2 is 1.32 bits per heavy atom. The van der Waals surface area contributed by atoms with Gasteiger partial charge < -0.3 is 35.8 Å². The molecule has 10 nitrogen and oxygen atoms in total. The summed E-state index contributed by atoms with van der Waals surface area (Å²) in [5.41, 5.74) is 15.2. The van der Waals surface area contributed by atoms with Crippen LogP contribution in [0.4, 0.5) is 0 Å². The number of nitrogens with zero attached hydrogens (tertiary/aromatic N) is 2. The highest BCUT2D eigenvalue weighted by Crippen LogP contribution is 2.21. The highest BCUT2D eigenvalue weighted by Gasteiger charge is 2.26. The molecule has 50 heavy (non-hydrogen) atoms. The zero-order valence-corrected chi connectivity index (χ0v) is 29.1. The van der Waals surface area contributed by atoms with E-state index < -0.39 is 24.0 Å². The van der Waals surface area contributed by atoms with Crippen molar-refractivity contribution in [2.75, 3.05) is 26.7 Å². The summed E-state index contributed by atoms with van der Waals surface area (Å²) in [5.74, 6) is -0.217. The Morgan fingerprint density at radius 3 is 1.92 bits per heavy atom. The van der Waals surface area contributed by atoms with Gasteiger partial charge in [0.2, 0.25) is 5.91 Å². The highest BCUT2D eigenvalue weighted by molar-refractivity contribution is 6.04. The third kappa shape index (κ3) is 10.7. The van der Waals surface area contributed by atoms with Crippen molar-refractivity contribution in [3.8, 4) is 11.5 Å². The van der Waals surface area contributed by atoms with E-state index in [1.54, 1.807) is 24.1 Å². The third-order valence-electron chi connectivity index (χ3n) is 8.33. The number of carbonyl (C=O) groups is 3. The number of methoxy groups -OCH3 is 1. The normalized spacial score (nSPS) is 12.1. The van der Waals surface area contributed by atoms with Crippen molar-refractivity contribution >= 4 is 17.7 Å². The minimum atomic E-state index is -1.11. The number of hydrogen-bond donors (Lipinski definition) is 3. The molecule has 4 aromatic rings. The number of ether oxygens (including phenoxy) is 2. The molecular weight excluding hydrogens is 632 g/mol. The van der Waals surface area contributed by atoms with E-state index in [0.29, 0.717) is 37.6 Å². The molecule has 0 bridgehead atoms. The topological polar surface area (TPSA) is 148 Å². The van der Waals surface area contributed by atoms with Gasteiger partial charge >= 0.3 is 0 Å². The van der Waals surface area contributed by atoms with Crippen LogP contribution in [0.5, 0.6) is 11.5 Å². The molecule has 0 radical (unpaired) electrons. The van der Waals surface area contributed by atoms with Crippen molar-refractivity contribution in [1.29, 1.82) is 0 Å². The quantitative estimate of drug-likeness (QED) is 0.131. The van der Waals surface area contributed by atoms with Crippen LogP contribution in [0.3, 0.4) is 0 Å². The van der Waals surface area contributed by atoms with Gasteiger partial charge in [-0.15, -0.1) is 0 Å². The molecule has 0 spiro atoms. The molecule has 0 saturated heterocycles. The predicted molar refractivity (Wildman–Crippen MR) is 194 cm³/mol. The Kier molecular flexibility index (Phi) is 14.0. The van der Waals surface area contributed by atoms with Gasteiger partial charge in [-0.1, -0.05) is 68.4 Å². The molecule has 0 aliphatic rings. The van der Waals surface area contributed by atoms with E-state index in [1.807, 2.05) is 80.6 Å².